The number of benzene rings is 2. The van der Waals surface area contributed by atoms with Gasteiger partial charge in [-0.2, -0.15) is 22.8 Å². The number of hydrogen-bond donors (Lipinski definition) is 2. The number of nitrogens with one attached hydrogen (secondary N) is 2. The van der Waals surface area contributed by atoms with Gasteiger partial charge in [0.05, 0.1) is 15.3 Å². The summed E-state index contributed by atoms with van der Waals surface area (Å²) >= 11 is 0. The summed E-state index contributed by atoms with van der Waals surface area (Å²) in [7, 11) is -3.17. The van der Waals surface area contributed by atoms with Crippen molar-refractivity contribution < 1.29 is 35.7 Å². The van der Waals surface area contributed by atoms with Crippen LogP contribution in [-0.4, -0.2) is 26.6 Å². The van der Waals surface area contributed by atoms with Gasteiger partial charge >= 0.3 is 6.18 Å². The Morgan fingerprint density at radius 3 is 2.46 bits per heavy atom. The Bertz CT molecular complexity index is 1480. The minimum absolute atomic E-state index is 0.0133. The summed E-state index contributed by atoms with van der Waals surface area (Å²) < 4.78 is 93.2. The maximum atomic E-state index is 14.3. The molecule has 3 rings (SSSR count). The quantitative estimate of drug-likeness (QED) is 0.462. The number of ether oxygens (including phenoxy) is 1. The summed E-state index contributed by atoms with van der Waals surface area (Å²) in [5, 5.41) is 17.3. The number of carbonyl (C=O) groups excluding carboxylic acids is 1. The van der Waals surface area contributed by atoms with E-state index in [4.69, 9.17) is 14.8 Å². The number of alkyl halides is 3. The molecule has 0 aliphatic heterocycles. The molecular weight excluding hydrogens is 497 g/mol. The summed E-state index contributed by atoms with van der Waals surface area (Å²) in [6.07, 6.45) is -3.87. The molecule has 0 aliphatic carbocycles. The molecule has 2 aromatic carbocycles. The van der Waals surface area contributed by atoms with Gasteiger partial charge in [-0.05, 0) is 42.8 Å². The van der Waals surface area contributed by atoms with Crippen molar-refractivity contribution in [3.63, 3.8) is 0 Å². The first-order chi connectivity index (χ1) is 16.2. The second kappa shape index (κ2) is 9.26. The largest absolute Gasteiger partial charge is 0.435 e. The standard InChI is InChI=1S/C21H14F5N5O3S/c1-10-15(19(32)29-12-4-3-5-13(8-12)35(2,28)33)20(31-30-18(10)21(24,25)26)34-14-7-6-11(9-27)16(22)17(14)23/h3-8,28H,1-2H3,(H,29,32). The molecule has 0 bridgehead atoms. The smallest absolute Gasteiger partial charge is 0.434 e. The molecule has 1 aromatic heterocycles. The summed E-state index contributed by atoms with van der Waals surface area (Å²) in [6.45, 7) is 0.911. The van der Waals surface area contributed by atoms with Crippen molar-refractivity contribution in [2.24, 2.45) is 0 Å². The Balaban J connectivity index is 2.11. The van der Waals surface area contributed by atoms with E-state index in [2.05, 4.69) is 15.5 Å². The van der Waals surface area contributed by atoms with Crippen molar-refractivity contribution in [1.29, 1.82) is 10.0 Å². The lowest BCUT2D eigenvalue weighted by molar-refractivity contribution is -0.142. The van der Waals surface area contributed by atoms with Crippen LogP contribution in [0.25, 0.3) is 0 Å². The van der Waals surface area contributed by atoms with Gasteiger partial charge in [0.2, 0.25) is 5.82 Å². The maximum Gasteiger partial charge on any atom is 0.435 e. The van der Waals surface area contributed by atoms with Gasteiger partial charge in [-0.1, -0.05) is 6.07 Å². The lowest BCUT2D eigenvalue weighted by Gasteiger charge is -2.16. The van der Waals surface area contributed by atoms with Crippen molar-refractivity contribution >= 4 is 21.3 Å². The Morgan fingerprint density at radius 2 is 1.86 bits per heavy atom. The lowest BCUT2D eigenvalue weighted by atomic mass is 10.1. The molecule has 0 spiro atoms. The van der Waals surface area contributed by atoms with E-state index in [9.17, 15) is 31.0 Å². The number of rotatable bonds is 5. The minimum atomic E-state index is -5.00. The van der Waals surface area contributed by atoms with E-state index in [1.165, 1.54) is 30.3 Å². The molecule has 0 saturated carbocycles. The monoisotopic (exact) mass is 511 g/mol. The maximum absolute atomic E-state index is 14.3. The van der Waals surface area contributed by atoms with Crippen LogP contribution in [0.4, 0.5) is 27.6 Å². The van der Waals surface area contributed by atoms with E-state index in [1.54, 1.807) is 0 Å². The molecule has 1 atom stereocenters. The van der Waals surface area contributed by atoms with Crippen molar-refractivity contribution in [2.45, 2.75) is 18.0 Å². The van der Waals surface area contributed by atoms with Gasteiger partial charge in [-0.3, -0.25) is 4.79 Å². The van der Waals surface area contributed by atoms with Gasteiger partial charge < -0.3 is 10.1 Å². The number of hydrogen-bond acceptors (Lipinski definition) is 7. The van der Waals surface area contributed by atoms with Gasteiger partial charge in [-0.15, -0.1) is 10.2 Å². The zero-order chi connectivity index (χ0) is 26.1. The number of amides is 1. The van der Waals surface area contributed by atoms with Crippen LogP contribution in [-0.2, 0) is 15.9 Å². The predicted molar refractivity (Wildman–Crippen MR) is 112 cm³/mol. The second-order valence-corrected chi connectivity index (χ2v) is 9.29. The first-order valence-corrected chi connectivity index (χ1v) is 11.4. The fourth-order valence-electron chi connectivity index (χ4n) is 2.92. The number of nitriles is 1. The predicted octanol–water partition coefficient (Wildman–Crippen LogP) is 5.03. The van der Waals surface area contributed by atoms with Crippen LogP contribution in [0.2, 0.25) is 0 Å². The third kappa shape index (κ3) is 5.35. The summed E-state index contributed by atoms with van der Waals surface area (Å²) in [5.74, 6) is -6.10. The van der Waals surface area contributed by atoms with Crippen molar-refractivity contribution in [3.05, 3.63) is 70.4 Å². The molecule has 1 amide bonds. The molecule has 0 radical (unpaired) electrons. The Hall–Kier alpha value is -4.12. The molecule has 35 heavy (non-hydrogen) atoms. The van der Waals surface area contributed by atoms with Gasteiger partial charge in [0, 0.05) is 16.8 Å². The van der Waals surface area contributed by atoms with Gasteiger partial charge in [0.15, 0.2) is 17.3 Å². The molecular formula is C21H14F5N5O3S. The van der Waals surface area contributed by atoms with Crippen LogP contribution in [0.15, 0.2) is 41.3 Å². The molecule has 182 valence electrons. The van der Waals surface area contributed by atoms with E-state index in [-0.39, 0.29) is 10.6 Å². The zero-order valence-corrected chi connectivity index (χ0v) is 18.6. The van der Waals surface area contributed by atoms with Crippen molar-refractivity contribution in [2.75, 3.05) is 11.6 Å². The SMILES string of the molecule is Cc1c(C(F)(F)F)nnc(Oc2ccc(C#N)c(F)c2F)c1C(=O)Nc1cccc(S(C)(=N)=O)c1. The fourth-order valence-corrected chi connectivity index (χ4v) is 3.61. The molecule has 0 fully saturated rings. The van der Waals surface area contributed by atoms with Gasteiger partial charge in [0.25, 0.3) is 11.8 Å². The average Bonchev–Trinajstić information content (AvgIpc) is 2.76. The van der Waals surface area contributed by atoms with E-state index < -0.39 is 67.5 Å². The van der Waals surface area contributed by atoms with Crippen LogP contribution in [0.1, 0.15) is 27.2 Å². The Morgan fingerprint density at radius 1 is 1.17 bits per heavy atom. The van der Waals surface area contributed by atoms with Gasteiger partial charge in [-0.25, -0.2) is 13.4 Å². The normalized spacial score (nSPS) is 13.0. The van der Waals surface area contributed by atoms with Crippen LogP contribution in [0.5, 0.6) is 11.6 Å². The second-order valence-electron chi connectivity index (χ2n) is 7.13. The molecule has 1 heterocycles. The first kappa shape index (κ1) is 25.5. The number of aromatic nitrogens is 2. The van der Waals surface area contributed by atoms with Crippen LogP contribution in [0.3, 0.4) is 0 Å². The van der Waals surface area contributed by atoms with E-state index >= 15 is 0 Å². The van der Waals surface area contributed by atoms with E-state index in [0.29, 0.717) is 0 Å². The third-order valence-electron chi connectivity index (χ3n) is 4.60. The Labute approximate surface area is 195 Å². The molecule has 0 aliphatic rings. The highest BCUT2D eigenvalue weighted by atomic mass is 32.2. The van der Waals surface area contributed by atoms with Crippen molar-refractivity contribution in [1.82, 2.24) is 10.2 Å². The number of halogens is 5. The lowest BCUT2D eigenvalue weighted by Crippen LogP contribution is -2.21. The molecule has 2 N–H and O–H groups in total. The number of anilines is 1. The minimum Gasteiger partial charge on any atom is -0.434 e. The fraction of sp³-hybridized carbons (Fsp3) is 0.143. The molecule has 0 saturated heterocycles. The topological polar surface area (TPSA) is 129 Å². The van der Waals surface area contributed by atoms with Gasteiger partial charge in [0.1, 0.15) is 11.6 Å². The third-order valence-corrected chi connectivity index (χ3v) is 5.75. The van der Waals surface area contributed by atoms with E-state index in [0.717, 1.165) is 25.3 Å². The average molecular weight is 511 g/mol. The summed E-state index contributed by atoms with van der Waals surface area (Å²) in [4.78, 5) is 13.0. The molecule has 3 aromatic rings. The molecule has 1 unspecified atom stereocenters. The van der Waals surface area contributed by atoms with Crippen molar-refractivity contribution in [3.8, 4) is 17.7 Å². The number of nitrogens with zero attached hydrogens (tertiary/aromatic N) is 3. The van der Waals surface area contributed by atoms with Crippen LogP contribution < -0.4 is 10.1 Å². The highest BCUT2D eigenvalue weighted by Crippen LogP contribution is 2.36. The zero-order valence-electron chi connectivity index (χ0n) is 17.8. The summed E-state index contributed by atoms with van der Waals surface area (Å²) in [5.41, 5.74) is -3.68. The van der Waals surface area contributed by atoms with Crippen LogP contribution in [0, 0.1) is 34.7 Å². The highest BCUT2D eigenvalue weighted by Gasteiger charge is 2.38. The first-order valence-electron chi connectivity index (χ1n) is 9.39. The summed E-state index contributed by atoms with van der Waals surface area (Å²) in [6, 6.07) is 8.37. The van der Waals surface area contributed by atoms with E-state index in [1.807, 2.05) is 0 Å². The molecule has 8 nitrogen and oxygen atoms in total. The highest BCUT2D eigenvalue weighted by molar-refractivity contribution is 7.91. The Kier molecular flexibility index (Phi) is 6.75. The van der Waals surface area contributed by atoms with Crippen LogP contribution >= 0.6 is 0 Å². The molecule has 14 heteroatoms. The number of carbonyl (C=O) groups is 1.